The average molecular weight is 526 g/mol. The zero-order valence-corrected chi connectivity index (χ0v) is 21.8. The van der Waals surface area contributed by atoms with Gasteiger partial charge in [-0.1, -0.05) is 30.3 Å². The average Bonchev–Trinajstić information content (AvgIpc) is 2.94. The van der Waals surface area contributed by atoms with E-state index in [4.69, 9.17) is 21.2 Å². The Kier molecular flexibility index (Phi) is 7.67. The molecule has 1 saturated heterocycles. The number of anilines is 3. The SMILES string of the molecule is CC(Nc1nc(N)nc(N)c1C#N)c1nc2cccc(CCCN3CCOCC3)c2c(=O)n1-c1ccccc1. The van der Waals surface area contributed by atoms with Gasteiger partial charge in [0.05, 0.1) is 35.8 Å². The van der Waals surface area contributed by atoms with Gasteiger partial charge in [-0.05, 0) is 50.1 Å². The Morgan fingerprint density at radius 1 is 1.08 bits per heavy atom. The first-order valence-corrected chi connectivity index (χ1v) is 13.0. The maximum Gasteiger partial charge on any atom is 0.266 e. The molecule has 1 aliphatic rings. The predicted octanol–water partition coefficient (Wildman–Crippen LogP) is 2.65. The maximum absolute atomic E-state index is 14.2. The molecular weight excluding hydrogens is 494 g/mol. The van der Waals surface area contributed by atoms with Crippen LogP contribution in [0.5, 0.6) is 0 Å². The van der Waals surface area contributed by atoms with Gasteiger partial charge in [0.25, 0.3) is 5.56 Å². The van der Waals surface area contributed by atoms with Crippen molar-refractivity contribution in [2.24, 2.45) is 0 Å². The predicted molar refractivity (Wildman–Crippen MR) is 151 cm³/mol. The molecule has 0 saturated carbocycles. The van der Waals surface area contributed by atoms with Crippen LogP contribution in [0, 0.1) is 11.3 Å². The van der Waals surface area contributed by atoms with E-state index in [-0.39, 0.29) is 28.7 Å². The number of hydrogen-bond donors (Lipinski definition) is 3. The van der Waals surface area contributed by atoms with Crippen LogP contribution in [0.3, 0.4) is 0 Å². The van der Waals surface area contributed by atoms with Crippen molar-refractivity contribution < 1.29 is 4.74 Å². The third kappa shape index (κ3) is 5.52. The first-order chi connectivity index (χ1) is 19.0. The van der Waals surface area contributed by atoms with Gasteiger partial charge in [0.1, 0.15) is 23.3 Å². The highest BCUT2D eigenvalue weighted by Gasteiger charge is 2.22. The number of ether oxygens (including phenoxy) is 1. The van der Waals surface area contributed by atoms with Crippen molar-refractivity contribution in [2.75, 3.05) is 49.6 Å². The van der Waals surface area contributed by atoms with Gasteiger partial charge in [-0.3, -0.25) is 14.3 Å². The number of aromatic nitrogens is 4. The molecular formula is C28H31N9O2. The van der Waals surface area contributed by atoms with E-state index in [9.17, 15) is 10.1 Å². The quantitative estimate of drug-likeness (QED) is 0.312. The van der Waals surface area contributed by atoms with Crippen molar-refractivity contribution in [1.82, 2.24) is 24.4 Å². The molecule has 5 N–H and O–H groups in total. The van der Waals surface area contributed by atoms with Crippen LogP contribution in [0.2, 0.25) is 0 Å². The molecule has 200 valence electrons. The lowest BCUT2D eigenvalue weighted by molar-refractivity contribution is 0.0375. The van der Waals surface area contributed by atoms with Crippen molar-refractivity contribution in [2.45, 2.75) is 25.8 Å². The zero-order valence-electron chi connectivity index (χ0n) is 21.8. The minimum atomic E-state index is -0.534. The number of nitrogen functional groups attached to an aromatic ring is 2. The summed E-state index contributed by atoms with van der Waals surface area (Å²) in [5, 5.41) is 13.4. The highest BCUT2D eigenvalue weighted by atomic mass is 16.5. The van der Waals surface area contributed by atoms with Gasteiger partial charge in [-0.25, -0.2) is 4.98 Å². The van der Waals surface area contributed by atoms with Gasteiger partial charge in [0, 0.05) is 13.1 Å². The lowest BCUT2D eigenvalue weighted by atomic mass is 10.0. The molecule has 11 nitrogen and oxygen atoms in total. The summed E-state index contributed by atoms with van der Waals surface area (Å²) in [7, 11) is 0. The molecule has 1 unspecified atom stereocenters. The fourth-order valence-corrected chi connectivity index (χ4v) is 4.94. The van der Waals surface area contributed by atoms with E-state index in [0.29, 0.717) is 22.4 Å². The number of nitriles is 1. The second-order valence-electron chi connectivity index (χ2n) is 9.48. The number of rotatable bonds is 8. The monoisotopic (exact) mass is 525 g/mol. The fraction of sp³-hybridized carbons (Fsp3) is 0.321. The molecule has 5 rings (SSSR count). The van der Waals surface area contributed by atoms with E-state index in [1.807, 2.05) is 61.5 Å². The zero-order chi connectivity index (χ0) is 27.4. The van der Waals surface area contributed by atoms with E-state index in [0.717, 1.165) is 51.3 Å². The molecule has 2 aromatic heterocycles. The van der Waals surface area contributed by atoms with Crippen molar-refractivity contribution in [1.29, 1.82) is 5.26 Å². The smallest absolute Gasteiger partial charge is 0.266 e. The summed E-state index contributed by atoms with van der Waals surface area (Å²) in [6, 6.07) is 16.7. The van der Waals surface area contributed by atoms with E-state index >= 15 is 0 Å². The third-order valence-corrected chi connectivity index (χ3v) is 6.85. The highest BCUT2D eigenvalue weighted by Crippen LogP contribution is 2.26. The number of benzene rings is 2. The van der Waals surface area contributed by atoms with Crippen LogP contribution in [0.15, 0.2) is 53.3 Å². The highest BCUT2D eigenvalue weighted by molar-refractivity contribution is 5.82. The van der Waals surface area contributed by atoms with Crippen molar-refractivity contribution in [3.8, 4) is 11.8 Å². The number of fused-ring (bicyclic) bond motifs is 1. The van der Waals surface area contributed by atoms with E-state index in [2.05, 4.69) is 20.2 Å². The molecule has 0 spiro atoms. The lowest BCUT2D eigenvalue weighted by Gasteiger charge is -2.26. The minimum Gasteiger partial charge on any atom is -0.382 e. The maximum atomic E-state index is 14.2. The number of aryl methyl sites for hydroxylation is 1. The van der Waals surface area contributed by atoms with Crippen LogP contribution < -0.4 is 22.3 Å². The Balaban J connectivity index is 1.56. The van der Waals surface area contributed by atoms with Gasteiger partial charge >= 0.3 is 0 Å². The summed E-state index contributed by atoms with van der Waals surface area (Å²) in [5.41, 5.74) is 13.9. The lowest BCUT2D eigenvalue weighted by Crippen LogP contribution is -2.37. The Morgan fingerprint density at radius 2 is 1.85 bits per heavy atom. The van der Waals surface area contributed by atoms with Crippen LogP contribution in [-0.2, 0) is 11.2 Å². The molecule has 4 aromatic rings. The van der Waals surface area contributed by atoms with E-state index < -0.39 is 6.04 Å². The van der Waals surface area contributed by atoms with Gasteiger partial charge in [0.15, 0.2) is 5.82 Å². The molecule has 1 atom stereocenters. The molecule has 11 heteroatoms. The molecule has 0 aliphatic carbocycles. The van der Waals surface area contributed by atoms with E-state index in [1.54, 1.807) is 4.57 Å². The van der Waals surface area contributed by atoms with Crippen LogP contribution in [0.1, 0.15) is 36.3 Å². The normalized spacial score (nSPS) is 14.7. The molecule has 0 amide bonds. The Bertz CT molecular complexity index is 1570. The second-order valence-corrected chi connectivity index (χ2v) is 9.48. The summed E-state index contributed by atoms with van der Waals surface area (Å²) in [4.78, 5) is 29.6. The number of hydrogen-bond acceptors (Lipinski definition) is 10. The topological polar surface area (TPSA) is 161 Å². The third-order valence-electron chi connectivity index (χ3n) is 6.85. The van der Waals surface area contributed by atoms with Crippen LogP contribution in [0.25, 0.3) is 16.6 Å². The van der Waals surface area contributed by atoms with Gasteiger partial charge in [0.2, 0.25) is 5.95 Å². The first kappa shape index (κ1) is 26.1. The fourth-order valence-electron chi connectivity index (χ4n) is 4.94. The number of nitrogens with two attached hydrogens (primary N) is 2. The summed E-state index contributed by atoms with van der Waals surface area (Å²) in [6.07, 6.45) is 1.69. The summed E-state index contributed by atoms with van der Waals surface area (Å²) < 4.78 is 7.07. The van der Waals surface area contributed by atoms with Crippen molar-refractivity contribution in [3.63, 3.8) is 0 Å². The number of nitrogens with zero attached hydrogens (tertiary/aromatic N) is 6. The number of morpholine rings is 1. The second kappa shape index (κ2) is 11.5. The standard InChI is InChI=1S/C28H31N9O2/c1-18(32-25-21(17-29)24(30)34-28(31)35-25)26-33-22-11-5-7-19(8-6-12-36-13-15-39-16-14-36)23(22)27(38)37(26)20-9-3-2-4-10-20/h2-5,7,9-11,18H,6,8,12-16H2,1H3,(H5,30,31,32,34,35). The number of nitrogens with one attached hydrogen (secondary N) is 1. The Labute approximate surface area is 226 Å². The van der Waals surface area contributed by atoms with Crippen LogP contribution in [-0.4, -0.2) is 57.3 Å². The van der Waals surface area contributed by atoms with Gasteiger partial charge in [-0.15, -0.1) is 0 Å². The van der Waals surface area contributed by atoms with Gasteiger partial charge < -0.3 is 21.5 Å². The number of para-hydroxylation sites is 1. The molecule has 2 aromatic carbocycles. The summed E-state index contributed by atoms with van der Waals surface area (Å²) >= 11 is 0. The molecule has 39 heavy (non-hydrogen) atoms. The molecule has 1 fully saturated rings. The van der Waals surface area contributed by atoms with Gasteiger partial charge in [-0.2, -0.15) is 15.2 Å². The first-order valence-electron chi connectivity index (χ1n) is 13.0. The van der Waals surface area contributed by atoms with Crippen LogP contribution >= 0.6 is 0 Å². The Hall–Kier alpha value is -4.53. The Morgan fingerprint density at radius 3 is 2.59 bits per heavy atom. The molecule has 0 radical (unpaired) electrons. The summed E-state index contributed by atoms with van der Waals surface area (Å²) in [6.45, 7) is 6.19. The minimum absolute atomic E-state index is 0.0201. The van der Waals surface area contributed by atoms with E-state index in [1.165, 1.54) is 0 Å². The molecule has 0 bridgehead atoms. The van der Waals surface area contributed by atoms with Crippen molar-refractivity contribution in [3.05, 3.63) is 75.8 Å². The largest absolute Gasteiger partial charge is 0.382 e. The molecule has 3 heterocycles. The molecule has 1 aliphatic heterocycles. The van der Waals surface area contributed by atoms with Crippen LogP contribution in [0.4, 0.5) is 17.6 Å². The van der Waals surface area contributed by atoms with Crippen molar-refractivity contribution >= 4 is 28.5 Å². The summed E-state index contributed by atoms with van der Waals surface area (Å²) in [5.74, 6) is 0.563.